The van der Waals surface area contributed by atoms with Gasteiger partial charge in [0.15, 0.2) is 0 Å². The number of halogens is 2. The Bertz CT molecular complexity index is 1440. The summed E-state index contributed by atoms with van der Waals surface area (Å²) >= 11 is 5.91. The second-order valence-electron chi connectivity index (χ2n) is 10.2. The van der Waals surface area contributed by atoms with E-state index in [0.717, 1.165) is 30.5 Å². The van der Waals surface area contributed by atoms with Gasteiger partial charge in [0.1, 0.15) is 11.9 Å². The molecular weight excluding hydrogens is 533 g/mol. The van der Waals surface area contributed by atoms with Crippen molar-refractivity contribution < 1.29 is 19.1 Å². The van der Waals surface area contributed by atoms with E-state index in [1.54, 1.807) is 54.6 Å². The third-order valence-corrected chi connectivity index (χ3v) is 7.43. The lowest BCUT2D eigenvalue weighted by Crippen LogP contribution is -2.45. The van der Waals surface area contributed by atoms with Crippen LogP contribution in [0.25, 0.3) is 0 Å². The van der Waals surface area contributed by atoms with Gasteiger partial charge in [0.25, 0.3) is 0 Å². The Balaban J connectivity index is 1.35. The van der Waals surface area contributed by atoms with Gasteiger partial charge in [-0.3, -0.25) is 4.79 Å². The van der Waals surface area contributed by atoms with Crippen molar-refractivity contribution in [3.05, 3.63) is 94.3 Å². The van der Waals surface area contributed by atoms with E-state index in [-0.39, 0.29) is 24.7 Å². The van der Waals surface area contributed by atoms with E-state index < -0.39 is 29.9 Å². The van der Waals surface area contributed by atoms with Gasteiger partial charge in [0, 0.05) is 23.7 Å². The Morgan fingerprint density at radius 3 is 2.55 bits per heavy atom. The normalized spacial score (nSPS) is 19.1. The molecule has 1 saturated heterocycles. The number of nitrogens with zero attached hydrogens (tertiary/aromatic N) is 2. The number of urea groups is 1. The third-order valence-electron chi connectivity index (χ3n) is 7.18. The standard InChI is InChI=1S/C30H29ClFN5O3/c31-22-7-9-23(10-8-22)35-30(40)37-17-24(38)14-27(37)29(39)36-26-13-21(6-11-25(26)32)28(34-16-18-4-5-18)20-3-1-2-19(12-20)15-33/h1-3,6-13,18,24,27-28,34,38H,4-5,14,16-17H2,(H,35,40)(H,36,39)/t24-,27-,28?/m1/s1. The number of nitrogens with one attached hydrogen (secondary N) is 3. The number of nitriles is 1. The first-order valence-corrected chi connectivity index (χ1v) is 13.5. The SMILES string of the molecule is N#Cc1cccc(C(NCC2CC2)c2ccc(F)c(NC(=O)[C@H]3C[C@@H](O)CN3C(=O)Nc3ccc(Cl)cc3)c2)c1. The van der Waals surface area contributed by atoms with Crippen molar-refractivity contribution in [3.8, 4) is 6.07 Å². The molecule has 2 fully saturated rings. The van der Waals surface area contributed by atoms with Crippen molar-refractivity contribution in [2.24, 2.45) is 5.92 Å². The Morgan fingerprint density at radius 1 is 1.07 bits per heavy atom. The fourth-order valence-electron chi connectivity index (χ4n) is 4.87. The summed E-state index contributed by atoms with van der Waals surface area (Å²) in [6.07, 6.45) is 1.43. The average Bonchev–Trinajstić information content (AvgIpc) is 3.70. The fraction of sp³-hybridized carbons (Fsp3) is 0.300. The highest BCUT2D eigenvalue weighted by atomic mass is 35.5. The predicted octanol–water partition coefficient (Wildman–Crippen LogP) is 5.05. The second kappa shape index (κ2) is 12.0. The minimum atomic E-state index is -0.999. The van der Waals surface area contributed by atoms with Crippen molar-refractivity contribution in [2.45, 2.75) is 37.5 Å². The molecule has 10 heteroatoms. The highest BCUT2D eigenvalue weighted by molar-refractivity contribution is 6.30. The Kier molecular flexibility index (Phi) is 8.31. The molecular formula is C30H29ClFN5O3. The molecule has 2 aliphatic rings. The van der Waals surface area contributed by atoms with Crippen molar-refractivity contribution in [1.29, 1.82) is 5.26 Å². The summed E-state index contributed by atoms with van der Waals surface area (Å²) in [7, 11) is 0. The first-order chi connectivity index (χ1) is 19.3. The lowest BCUT2D eigenvalue weighted by Gasteiger charge is -2.25. The van der Waals surface area contributed by atoms with E-state index in [4.69, 9.17) is 11.6 Å². The molecule has 206 valence electrons. The maximum Gasteiger partial charge on any atom is 0.322 e. The van der Waals surface area contributed by atoms with Crippen LogP contribution in [0.15, 0.2) is 66.7 Å². The summed E-state index contributed by atoms with van der Waals surface area (Å²) in [5.74, 6) is -0.646. The number of rotatable bonds is 8. The van der Waals surface area contributed by atoms with Gasteiger partial charge in [-0.1, -0.05) is 29.8 Å². The lowest BCUT2D eigenvalue weighted by atomic mass is 9.96. The average molecular weight is 562 g/mol. The van der Waals surface area contributed by atoms with E-state index in [1.165, 1.54) is 11.0 Å². The number of hydrogen-bond acceptors (Lipinski definition) is 5. The third kappa shape index (κ3) is 6.59. The number of benzene rings is 3. The van der Waals surface area contributed by atoms with E-state index in [9.17, 15) is 24.3 Å². The second-order valence-corrected chi connectivity index (χ2v) is 10.7. The molecule has 3 aromatic carbocycles. The van der Waals surface area contributed by atoms with Crippen molar-refractivity contribution >= 4 is 34.9 Å². The molecule has 1 heterocycles. The highest BCUT2D eigenvalue weighted by Crippen LogP contribution is 2.32. The minimum absolute atomic E-state index is 0.0215. The molecule has 1 unspecified atom stereocenters. The number of carbonyl (C=O) groups excluding carboxylic acids is 2. The van der Waals surface area contributed by atoms with Gasteiger partial charge >= 0.3 is 6.03 Å². The number of likely N-dealkylation sites (tertiary alicyclic amines) is 1. The van der Waals surface area contributed by atoms with Crippen LogP contribution >= 0.6 is 11.6 Å². The minimum Gasteiger partial charge on any atom is -0.391 e. The van der Waals surface area contributed by atoms with Gasteiger partial charge in [0.05, 0.1) is 29.5 Å². The van der Waals surface area contributed by atoms with Crippen LogP contribution < -0.4 is 16.0 Å². The molecule has 3 amide bonds. The topological polar surface area (TPSA) is 117 Å². The summed E-state index contributed by atoms with van der Waals surface area (Å²) in [5, 5.41) is 29.0. The Hall–Kier alpha value is -3.97. The first kappa shape index (κ1) is 27.6. The summed E-state index contributed by atoms with van der Waals surface area (Å²) < 4.78 is 14.9. The molecule has 5 rings (SSSR count). The van der Waals surface area contributed by atoms with Crippen LogP contribution in [0.2, 0.25) is 5.02 Å². The zero-order valence-electron chi connectivity index (χ0n) is 21.6. The molecule has 1 saturated carbocycles. The predicted molar refractivity (Wildman–Crippen MR) is 150 cm³/mol. The highest BCUT2D eigenvalue weighted by Gasteiger charge is 2.39. The first-order valence-electron chi connectivity index (χ1n) is 13.2. The van der Waals surface area contributed by atoms with Crippen molar-refractivity contribution in [1.82, 2.24) is 10.2 Å². The van der Waals surface area contributed by atoms with Gasteiger partial charge in [-0.25, -0.2) is 9.18 Å². The van der Waals surface area contributed by atoms with Gasteiger partial charge in [-0.2, -0.15) is 5.26 Å². The number of aliphatic hydroxyl groups excluding tert-OH is 1. The van der Waals surface area contributed by atoms with Crippen LogP contribution in [0.4, 0.5) is 20.6 Å². The molecule has 1 aliphatic carbocycles. The van der Waals surface area contributed by atoms with E-state index in [1.807, 2.05) is 6.07 Å². The number of β-amino-alcohol motifs (C(OH)–C–C–N with tert-alkyl or cyclic N) is 1. The summed E-state index contributed by atoms with van der Waals surface area (Å²) in [5.41, 5.74) is 2.54. The molecule has 0 aromatic heterocycles. The lowest BCUT2D eigenvalue weighted by molar-refractivity contribution is -0.119. The zero-order valence-corrected chi connectivity index (χ0v) is 22.4. The van der Waals surface area contributed by atoms with Gasteiger partial charge < -0.3 is 26.0 Å². The molecule has 1 aliphatic heterocycles. The monoisotopic (exact) mass is 561 g/mol. The Morgan fingerprint density at radius 2 is 1.82 bits per heavy atom. The molecule has 4 N–H and O–H groups in total. The molecule has 3 aromatic rings. The van der Waals surface area contributed by atoms with Crippen molar-refractivity contribution in [2.75, 3.05) is 23.7 Å². The smallest absolute Gasteiger partial charge is 0.322 e. The van der Waals surface area contributed by atoms with Crippen LogP contribution in [0, 0.1) is 23.1 Å². The number of amides is 3. The van der Waals surface area contributed by atoms with Crippen LogP contribution in [0.3, 0.4) is 0 Å². The summed E-state index contributed by atoms with van der Waals surface area (Å²) in [6, 6.07) is 18.5. The summed E-state index contributed by atoms with van der Waals surface area (Å²) in [4.78, 5) is 27.5. The number of hydrogen-bond donors (Lipinski definition) is 4. The van der Waals surface area contributed by atoms with Crippen LogP contribution in [-0.4, -0.2) is 47.2 Å². The van der Waals surface area contributed by atoms with E-state index in [0.29, 0.717) is 22.2 Å². The number of anilines is 2. The van der Waals surface area contributed by atoms with Crippen LogP contribution in [0.5, 0.6) is 0 Å². The van der Waals surface area contributed by atoms with Gasteiger partial charge in [-0.05, 0) is 85.0 Å². The number of carbonyl (C=O) groups is 2. The van der Waals surface area contributed by atoms with E-state index >= 15 is 0 Å². The molecule has 40 heavy (non-hydrogen) atoms. The number of aliphatic hydroxyl groups is 1. The van der Waals surface area contributed by atoms with Crippen molar-refractivity contribution in [3.63, 3.8) is 0 Å². The van der Waals surface area contributed by atoms with Crippen LogP contribution in [0.1, 0.15) is 42.0 Å². The molecule has 0 radical (unpaired) electrons. The maximum absolute atomic E-state index is 14.9. The van der Waals surface area contributed by atoms with Gasteiger partial charge in [-0.15, -0.1) is 0 Å². The van der Waals surface area contributed by atoms with Crippen LogP contribution in [-0.2, 0) is 4.79 Å². The van der Waals surface area contributed by atoms with E-state index in [2.05, 4.69) is 22.0 Å². The molecule has 0 bridgehead atoms. The molecule has 0 spiro atoms. The molecule has 8 nitrogen and oxygen atoms in total. The fourth-order valence-corrected chi connectivity index (χ4v) is 5.00. The Labute approximate surface area is 236 Å². The maximum atomic E-state index is 14.9. The quantitative estimate of drug-likeness (QED) is 0.307. The summed E-state index contributed by atoms with van der Waals surface area (Å²) in [6.45, 7) is 0.737. The largest absolute Gasteiger partial charge is 0.391 e. The van der Waals surface area contributed by atoms with Gasteiger partial charge in [0.2, 0.25) is 5.91 Å². The molecule has 3 atom stereocenters. The zero-order chi connectivity index (χ0) is 28.2.